The lowest BCUT2D eigenvalue weighted by Gasteiger charge is -2.24. The van der Waals surface area contributed by atoms with Crippen molar-refractivity contribution in [3.8, 4) is 0 Å². The summed E-state index contributed by atoms with van der Waals surface area (Å²) in [5.74, 6) is -1.21. The predicted molar refractivity (Wildman–Crippen MR) is 245 cm³/mol. The fraction of sp³-hybridized carbons (Fsp3) is 0.917. The number of likely N-dealkylation sites (N-methyl/N-ethyl adjacent to an activating group) is 1. The number of carbonyl (C=O) groups excluding carboxylic acids is 2. The summed E-state index contributed by atoms with van der Waals surface area (Å²) in [7, 11) is 1.36. The van der Waals surface area contributed by atoms with Crippen LogP contribution in [0.1, 0.15) is 200 Å². The number of aliphatic hydroxyl groups excluding tert-OH is 3. The first-order valence-electron chi connectivity index (χ1n) is 24.7. The van der Waals surface area contributed by atoms with Gasteiger partial charge < -0.3 is 34.2 Å². The van der Waals surface area contributed by atoms with Crippen LogP contribution in [0.4, 0.5) is 0 Å². The number of aliphatic hydroxyl groups is 3. The van der Waals surface area contributed by atoms with Crippen molar-refractivity contribution in [3.63, 3.8) is 0 Å². The molecule has 0 radical (unpaired) electrons. The van der Waals surface area contributed by atoms with Crippen LogP contribution in [0, 0.1) is 11.8 Å². The van der Waals surface area contributed by atoms with Gasteiger partial charge in [0.15, 0.2) is 6.10 Å². The minimum Gasteiger partial charge on any atom is -0.462 e. The first kappa shape index (κ1) is 57.6. The number of phosphoric ester groups is 1. The van der Waals surface area contributed by atoms with Gasteiger partial charge in [0.1, 0.15) is 19.8 Å². The van der Waals surface area contributed by atoms with Crippen LogP contribution in [0.5, 0.6) is 0 Å². The zero-order chi connectivity index (χ0) is 45.2. The van der Waals surface area contributed by atoms with Crippen LogP contribution < -0.4 is 0 Å². The molecule has 1 saturated carbocycles. The molecule has 0 bridgehead atoms. The highest BCUT2D eigenvalue weighted by molar-refractivity contribution is 7.47. The first-order valence-corrected chi connectivity index (χ1v) is 26.2. The molecular formula is C48H93NO11P+. The van der Waals surface area contributed by atoms with Gasteiger partial charge in [0, 0.05) is 25.2 Å². The largest absolute Gasteiger partial charge is 0.472 e. The molecule has 0 aromatic heterocycles. The monoisotopic (exact) mass is 891 g/mol. The second-order valence-corrected chi connectivity index (χ2v) is 20.3. The number of rotatable bonds is 41. The van der Waals surface area contributed by atoms with Crippen LogP contribution in [0.2, 0.25) is 0 Å². The van der Waals surface area contributed by atoms with E-state index in [1.54, 1.807) is 6.08 Å². The van der Waals surface area contributed by atoms with E-state index in [2.05, 4.69) is 13.8 Å². The minimum absolute atomic E-state index is 0.00400. The number of phosphoric acid groups is 1. The second-order valence-electron chi connectivity index (χ2n) is 18.8. The molecule has 360 valence electrons. The quantitative estimate of drug-likeness (QED) is 0.0152. The van der Waals surface area contributed by atoms with Gasteiger partial charge in [-0.25, -0.2) is 4.57 Å². The van der Waals surface area contributed by atoms with Gasteiger partial charge in [0.2, 0.25) is 0 Å². The van der Waals surface area contributed by atoms with E-state index in [0.717, 1.165) is 64.2 Å². The number of esters is 2. The normalized spacial score (nSPS) is 20.2. The predicted octanol–water partition coefficient (Wildman–Crippen LogP) is 10.5. The van der Waals surface area contributed by atoms with Crippen LogP contribution in [0.25, 0.3) is 0 Å². The third kappa shape index (κ3) is 32.9. The average Bonchev–Trinajstić information content (AvgIpc) is 3.47. The van der Waals surface area contributed by atoms with Gasteiger partial charge in [-0.1, -0.05) is 167 Å². The van der Waals surface area contributed by atoms with E-state index in [4.69, 9.17) is 18.5 Å². The van der Waals surface area contributed by atoms with Crippen LogP contribution in [-0.4, -0.2) is 109 Å². The van der Waals surface area contributed by atoms with E-state index >= 15 is 0 Å². The third-order valence-corrected chi connectivity index (χ3v) is 12.9. The lowest BCUT2D eigenvalue weighted by atomic mass is 9.88. The van der Waals surface area contributed by atoms with Crippen molar-refractivity contribution in [3.05, 3.63) is 12.2 Å². The fourth-order valence-electron chi connectivity index (χ4n) is 7.99. The summed E-state index contributed by atoms with van der Waals surface area (Å²) in [5, 5.41) is 31.5. The maximum absolute atomic E-state index is 12.9. The Labute approximate surface area is 372 Å². The molecule has 0 saturated heterocycles. The third-order valence-electron chi connectivity index (χ3n) is 11.9. The van der Waals surface area contributed by atoms with E-state index in [-0.39, 0.29) is 37.9 Å². The molecule has 0 heterocycles. The van der Waals surface area contributed by atoms with E-state index in [1.807, 2.05) is 27.2 Å². The second kappa shape index (κ2) is 35.9. The molecule has 12 nitrogen and oxygen atoms in total. The first-order chi connectivity index (χ1) is 29.2. The number of carbonyl (C=O) groups is 2. The van der Waals surface area contributed by atoms with Crippen molar-refractivity contribution in [1.29, 1.82) is 0 Å². The number of quaternary nitrogens is 1. The van der Waals surface area contributed by atoms with Crippen molar-refractivity contribution in [2.24, 2.45) is 11.8 Å². The van der Waals surface area contributed by atoms with Crippen molar-refractivity contribution < 1.29 is 57.4 Å². The standard InChI is InChI=1S/C48H92NO11P/c1-6-8-10-11-12-13-14-15-16-17-18-19-20-21-22-23-28-32-47(53)57-39-42(40-59-61(55,56)58-37-36-49(3,4)5)60-48(54)33-29-25-24-27-31-43-44(46(52)38-45(43)51)35-34-41(50)30-26-9-7-2/h34-35,41-46,50-52H,6-33,36-40H2,1-5H3/p+1/b35-34+/t41-,42+,43+,44+,45-,46+/m0/s1. The maximum Gasteiger partial charge on any atom is 0.472 e. The molecule has 0 aliphatic heterocycles. The lowest BCUT2D eigenvalue weighted by Crippen LogP contribution is -2.37. The molecule has 0 spiro atoms. The molecule has 0 aromatic carbocycles. The number of hydrogen-bond acceptors (Lipinski definition) is 10. The van der Waals surface area contributed by atoms with Crippen molar-refractivity contribution in [2.75, 3.05) is 47.5 Å². The highest BCUT2D eigenvalue weighted by atomic mass is 31.2. The van der Waals surface area contributed by atoms with E-state index in [9.17, 15) is 34.4 Å². The molecular weight excluding hydrogens is 797 g/mol. The number of nitrogens with zero attached hydrogens (tertiary/aromatic N) is 1. The summed E-state index contributed by atoms with van der Waals surface area (Å²) in [4.78, 5) is 35.7. The summed E-state index contributed by atoms with van der Waals surface area (Å²) >= 11 is 0. The molecule has 7 atom stereocenters. The Morgan fingerprint density at radius 3 is 1.70 bits per heavy atom. The summed E-state index contributed by atoms with van der Waals surface area (Å²) in [5.41, 5.74) is 0. The Kier molecular flexibility index (Phi) is 33.9. The number of hydrogen-bond donors (Lipinski definition) is 4. The Balaban J connectivity index is 2.41. The van der Waals surface area contributed by atoms with Gasteiger partial charge in [-0.3, -0.25) is 18.6 Å². The maximum atomic E-state index is 12.9. The molecule has 1 aliphatic carbocycles. The Morgan fingerprint density at radius 2 is 1.16 bits per heavy atom. The van der Waals surface area contributed by atoms with Gasteiger partial charge in [-0.05, 0) is 31.6 Å². The van der Waals surface area contributed by atoms with E-state index in [0.29, 0.717) is 36.7 Å². The summed E-state index contributed by atoms with van der Waals surface area (Å²) in [6.45, 7) is 4.11. The summed E-state index contributed by atoms with van der Waals surface area (Å²) in [6, 6.07) is 0. The number of unbranched alkanes of at least 4 members (excludes halogenated alkanes) is 21. The molecule has 1 fully saturated rings. The highest BCUT2D eigenvalue weighted by Crippen LogP contribution is 2.43. The summed E-state index contributed by atoms with van der Waals surface area (Å²) < 4.78 is 34.4. The van der Waals surface area contributed by atoms with Gasteiger partial charge in [0.05, 0.1) is 46.1 Å². The molecule has 0 amide bonds. The van der Waals surface area contributed by atoms with Crippen molar-refractivity contribution >= 4 is 19.8 Å². The van der Waals surface area contributed by atoms with Crippen LogP contribution >= 0.6 is 7.82 Å². The smallest absolute Gasteiger partial charge is 0.462 e. The van der Waals surface area contributed by atoms with E-state index < -0.39 is 50.8 Å². The Hall–Kier alpha value is -1.37. The van der Waals surface area contributed by atoms with Crippen molar-refractivity contribution in [1.82, 2.24) is 0 Å². The zero-order valence-corrected chi connectivity index (χ0v) is 40.4. The molecule has 4 N–H and O–H groups in total. The zero-order valence-electron chi connectivity index (χ0n) is 39.5. The van der Waals surface area contributed by atoms with Gasteiger partial charge in [0.25, 0.3) is 0 Å². The highest BCUT2D eigenvalue weighted by Gasteiger charge is 2.39. The topological polar surface area (TPSA) is 169 Å². The fourth-order valence-corrected chi connectivity index (χ4v) is 8.74. The molecule has 1 unspecified atom stereocenters. The van der Waals surface area contributed by atoms with Gasteiger partial charge >= 0.3 is 19.8 Å². The van der Waals surface area contributed by atoms with Crippen LogP contribution in [0.15, 0.2) is 12.2 Å². The summed E-state index contributed by atoms with van der Waals surface area (Å²) in [6.07, 6.45) is 30.3. The molecule has 13 heteroatoms. The molecule has 0 aromatic rings. The lowest BCUT2D eigenvalue weighted by molar-refractivity contribution is -0.870. The average molecular weight is 891 g/mol. The molecule has 1 aliphatic rings. The minimum atomic E-state index is -4.44. The Morgan fingerprint density at radius 1 is 0.672 bits per heavy atom. The van der Waals surface area contributed by atoms with Crippen LogP contribution in [0.3, 0.4) is 0 Å². The molecule has 1 rings (SSSR count). The Bertz CT molecular complexity index is 1160. The van der Waals surface area contributed by atoms with Gasteiger partial charge in [-0.2, -0.15) is 0 Å². The molecule has 61 heavy (non-hydrogen) atoms. The van der Waals surface area contributed by atoms with Crippen LogP contribution in [-0.2, 0) is 32.7 Å². The van der Waals surface area contributed by atoms with Crippen molar-refractivity contribution in [2.45, 2.75) is 224 Å². The SMILES string of the molecule is CCCCCCCCCCCCCCCCCCCC(=O)OC[C@H](COP(=O)(O)OCC[N+](C)(C)C)OC(=O)CCCCCC[C@@H]1[C@@H](/C=C/[C@@H](O)CCCCC)[C@H](O)C[C@@H]1O. The van der Waals surface area contributed by atoms with Gasteiger partial charge in [-0.15, -0.1) is 0 Å². The van der Waals surface area contributed by atoms with E-state index in [1.165, 1.54) is 83.5 Å². The number of ether oxygens (including phenoxy) is 2.